The molecular formula is C21H21FN2O4. The van der Waals surface area contributed by atoms with Crippen molar-refractivity contribution in [2.45, 2.75) is 25.8 Å². The molecule has 2 N–H and O–H groups in total. The van der Waals surface area contributed by atoms with E-state index in [4.69, 9.17) is 0 Å². The summed E-state index contributed by atoms with van der Waals surface area (Å²) in [5.41, 5.74) is 1.10. The number of nitrogens with zero attached hydrogens (tertiary/aromatic N) is 1. The second kappa shape index (κ2) is 8.21. The number of hydrogen-bond acceptors (Lipinski definition) is 3. The van der Waals surface area contributed by atoms with Crippen LogP contribution < -0.4 is 5.32 Å². The summed E-state index contributed by atoms with van der Waals surface area (Å²) in [6.07, 6.45) is 1.18. The maximum Gasteiger partial charge on any atom is 0.308 e. The van der Waals surface area contributed by atoms with Gasteiger partial charge in [-0.25, -0.2) is 4.39 Å². The van der Waals surface area contributed by atoms with E-state index in [0.29, 0.717) is 29.7 Å². The van der Waals surface area contributed by atoms with Gasteiger partial charge >= 0.3 is 5.97 Å². The second-order valence-electron chi connectivity index (χ2n) is 6.96. The maximum absolute atomic E-state index is 13.0. The van der Waals surface area contributed by atoms with Crippen molar-refractivity contribution in [3.8, 4) is 0 Å². The highest BCUT2D eigenvalue weighted by molar-refractivity contribution is 6.05. The maximum atomic E-state index is 13.0. The summed E-state index contributed by atoms with van der Waals surface area (Å²) in [6.45, 7) is 2.07. The van der Waals surface area contributed by atoms with E-state index in [0.717, 1.165) is 0 Å². The van der Waals surface area contributed by atoms with Crippen LogP contribution in [-0.2, 0) is 4.79 Å². The Hall–Kier alpha value is -3.22. The second-order valence-corrected chi connectivity index (χ2v) is 6.96. The summed E-state index contributed by atoms with van der Waals surface area (Å²) in [5, 5.41) is 11.9. The van der Waals surface area contributed by atoms with Crippen molar-refractivity contribution in [2.24, 2.45) is 5.92 Å². The molecule has 0 bridgehead atoms. The molecule has 0 saturated carbocycles. The number of benzene rings is 2. The molecule has 6 nitrogen and oxygen atoms in total. The Bertz CT molecular complexity index is 898. The average molecular weight is 384 g/mol. The van der Waals surface area contributed by atoms with E-state index >= 15 is 0 Å². The molecule has 2 amide bonds. The Kier molecular flexibility index (Phi) is 5.73. The van der Waals surface area contributed by atoms with Crippen LogP contribution in [0, 0.1) is 11.7 Å². The molecule has 1 aliphatic heterocycles. The fraction of sp³-hybridized carbons (Fsp3) is 0.286. The third kappa shape index (κ3) is 4.36. The summed E-state index contributed by atoms with van der Waals surface area (Å²) in [7, 11) is 0. The van der Waals surface area contributed by atoms with Crippen molar-refractivity contribution in [3.63, 3.8) is 0 Å². The number of rotatable bonds is 4. The predicted octanol–water partition coefficient (Wildman–Crippen LogP) is 3.40. The number of anilines is 1. The van der Waals surface area contributed by atoms with Crippen LogP contribution in [0.1, 0.15) is 40.5 Å². The highest BCUT2D eigenvalue weighted by Crippen LogP contribution is 2.25. The molecule has 0 aromatic heterocycles. The van der Waals surface area contributed by atoms with Gasteiger partial charge in [-0.2, -0.15) is 0 Å². The lowest BCUT2D eigenvalue weighted by Gasteiger charge is -2.36. The molecule has 7 heteroatoms. The van der Waals surface area contributed by atoms with Crippen LogP contribution >= 0.6 is 0 Å². The third-order valence-corrected chi connectivity index (χ3v) is 4.97. The Morgan fingerprint density at radius 2 is 1.79 bits per heavy atom. The van der Waals surface area contributed by atoms with Crippen LogP contribution in [0.4, 0.5) is 10.1 Å². The minimum Gasteiger partial charge on any atom is -0.481 e. The van der Waals surface area contributed by atoms with Crippen LogP contribution in [0.25, 0.3) is 0 Å². The van der Waals surface area contributed by atoms with Crippen molar-refractivity contribution in [1.29, 1.82) is 0 Å². The van der Waals surface area contributed by atoms with Crippen molar-refractivity contribution >= 4 is 23.5 Å². The zero-order valence-electron chi connectivity index (χ0n) is 15.4. The molecule has 0 spiro atoms. The van der Waals surface area contributed by atoms with Gasteiger partial charge in [0, 0.05) is 29.4 Å². The van der Waals surface area contributed by atoms with Gasteiger partial charge in [-0.15, -0.1) is 0 Å². The van der Waals surface area contributed by atoms with Crippen molar-refractivity contribution < 1.29 is 23.9 Å². The smallest absolute Gasteiger partial charge is 0.308 e. The molecule has 1 heterocycles. The number of aliphatic carboxylic acids is 1. The van der Waals surface area contributed by atoms with Gasteiger partial charge in [-0.05, 0) is 62.2 Å². The summed E-state index contributed by atoms with van der Waals surface area (Å²) < 4.78 is 13.0. The van der Waals surface area contributed by atoms with Crippen molar-refractivity contribution in [3.05, 3.63) is 65.5 Å². The van der Waals surface area contributed by atoms with E-state index in [1.54, 1.807) is 29.2 Å². The molecule has 2 aromatic carbocycles. The molecule has 146 valence electrons. The number of carboxylic acid groups (broad SMARTS) is 1. The molecule has 0 aliphatic carbocycles. The number of carbonyl (C=O) groups excluding carboxylic acids is 2. The van der Waals surface area contributed by atoms with E-state index in [1.165, 1.54) is 24.3 Å². The van der Waals surface area contributed by atoms with Gasteiger partial charge in [0.1, 0.15) is 5.82 Å². The normalized spacial score (nSPS) is 19.1. The molecule has 1 aliphatic rings. The van der Waals surface area contributed by atoms with Gasteiger partial charge in [0.2, 0.25) is 0 Å². The Balaban J connectivity index is 1.74. The fourth-order valence-corrected chi connectivity index (χ4v) is 3.29. The van der Waals surface area contributed by atoms with Crippen LogP contribution in [0.3, 0.4) is 0 Å². The SMILES string of the molecule is CC1CCC(C(=O)O)CN1C(=O)c1cccc(NC(=O)c2ccc(F)cc2)c1. The molecule has 2 aromatic rings. The Labute approximate surface area is 162 Å². The summed E-state index contributed by atoms with van der Waals surface area (Å²) in [4.78, 5) is 38.0. The van der Waals surface area contributed by atoms with E-state index < -0.39 is 23.6 Å². The first kappa shape index (κ1) is 19.5. The number of carbonyl (C=O) groups is 3. The quantitative estimate of drug-likeness (QED) is 0.846. The Morgan fingerprint density at radius 1 is 1.07 bits per heavy atom. The van der Waals surface area contributed by atoms with Gasteiger partial charge in [-0.3, -0.25) is 14.4 Å². The monoisotopic (exact) mass is 384 g/mol. The third-order valence-electron chi connectivity index (χ3n) is 4.97. The van der Waals surface area contributed by atoms with E-state index in [2.05, 4.69) is 5.32 Å². The fourth-order valence-electron chi connectivity index (χ4n) is 3.29. The molecule has 1 saturated heterocycles. The van der Waals surface area contributed by atoms with Crippen LogP contribution in [0.5, 0.6) is 0 Å². The highest BCUT2D eigenvalue weighted by atomic mass is 19.1. The molecule has 0 radical (unpaired) electrons. The van der Waals surface area contributed by atoms with Gasteiger partial charge < -0.3 is 15.3 Å². The van der Waals surface area contributed by atoms with Crippen molar-refractivity contribution in [2.75, 3.05) is 11.9 Å². The van der Waals surface area contributed by atoms with Gasteiger partial charge in [0.15, 0.2) is 0 Å². The van der Waals surface area contributed by atoms with E-state index in [-0.39, 0.29) is 18.5 Å². The van der Waals surface area contributed by atoms with Crippen molar-refractivity contribution in [1.82, 2.24) is 4.90 Å². The highest BCUT2D eigenvalue weighted by Gasteiger charge is 2.33. The standard InChI is InChI=1S/C21H21FN2O4/c1-13-5-6-16(21(27)28)12-24(13)20(26)15-3-2-4-18(11-15)23-19(25)14-7-9-17(22)10-8-14/h2-4,7-11,13,16H,5-6,12H2,1H3,(H,23,25)(H,27,28). The summed E-state index contributed by atoms with van der Waals surface area (Å²) >= 11 is 0. The van der Waals surface area contributed by atoms with Crippen LogP contribution in [-0.4, -0.2) is 40.4 Å². The number of carboxylic acids is 1. The lowest BCUT2D eigenvalue weighted by Crippen LogP contribution is -2.47. The van der Waals surface area contributed by atoms with Gasteiger partial charge in [0.25, 0.3) is 11.8 Å². The first-order chi connectivity index (χ1) is 13.3. The molecule has 3 rings (SSSR count). The molecule has 2 unspecified atom stereocenters. The number of likely N-dealkylation sites (tertiary alicyclic amines) is 1. The zero-order valence-corrected chi connectivity index (χ0v) is 15.4. The molecule has 2 atom stereocenters. The number of halogens is 1. The van der Waals surface area contributed by atoms with Crippen LogP contribution in [0.15, 0.2) is 48.5 Å². The largest absolute Gasteiger partial charge is 0.481 e. The minimum atomic E-state index is -0.898. The van der Waals surface area contributed by atoms with Gasteiger partial charge in [-0.1, -0.05) is 6.07 Å². The number of amides is 2. The molecular weight excluding hydrogens is 363 g/mol. The molecule has 1 fully saturated rings. The minimum absolute atomic E-state index is 0.0550. The number of hydrogen-bond donors (Lipinski definition) is 2. The van der Waals surface area contributed by atoms with E-state index in [9.17, 15) is 23.9 Å². The number of nitrogens with one attached hydrogen (secondary N) is 1. The topological polar surface area (TPSA) is 86.7 Å². The van der Waals surface area contributed by atoms with E-state index in [1.807, 2.05) is 6.92 Å². The first-order valence-corrected chi connectivity index (χ1v) is 9.06. The summed E-state index contributed by atoms with van der Waals surface area (Å²) in [6, 6.07) is 11.6. The lowest BCUT2D eigenvalue weighted by molar-refractivity contribution is -0.143. The molecule has 28 heavy (non-hydrogen) atoms. The average Bonchev–Trinajstić information content (AvgIpc) is 2.68. The zero-order chi connectivity index (χ0) is 20.3. The Morgan fingerprint density at radius 3 is 2.46 bits per heavy atom. The first-order valence-electron chi connectivity index (χ1n) is 9.06. The van der Waals surface area contributed by atoms with Crippen LogP contribution in [0.2, 0.25) is 0 Å². The predicted molar refractivity (Wildman–Crippen MR) is 102 cm³/mol. The number of piperidine rings is 1. The lowest BCUT2D eigenvalue weighted by atomic mass is 9.93. The van der Waals surface area contributed by atoms with Gasteiger partial charge in [0.05, 0.1) is 5.92 Å². The summed E-state index contributed by atoms with van der Waals surface area (Å²) in [5.74, 6) is -2.58.